The Hall–Kier alpha value is -7.48. The normalized spacial score (nSPS) is 12.6. The topological polar surface area (TPSA) is 3.24 Å². The average molecular weight is 752 g/mol. The van der Waals surface area contributed by atoms with Gasteiger partial charge in [0.1, 0.15) is 0 Å². The fraction of sp³-hybridized carbons (Fsp3) is 0.0345. The summed E-state index contributed by atoms with van der Waals surface area (Å²) in [7, 11) is 0. The Morgan fingerprint density at radius 2 is 0.949 bits per heavy atom. The third kappa shape index (κ3) is 6.11. The van der Waals surface area contributed by atoms with Crippen molar-refractivity contribution >= 4 is 54.5 Å². The molecule has 0 aliphatic heterocycles. The van der Waals surface area contributed by atoms with Crippen molar-refractivity contribution in [2.24, 2.45) is 0 Å². The van der Waals surface area contributed by atoms with Gasteiger partial charge in [0.2, 0.25) is 0 Å². The summed E-state index contributed by atoms with van der Waals surface area (Å²) in [5.74, 6) is 0. The Morgan fingerprint density at radius 1 is 0.356 bits per heavy atom. The molecule has 11 rings (SSSR count). The first-order valence-electron chi connectivity index (χ1n) is 20.7. The highest BCUT2D eigenvalue weighted by Crippen LogP contribution is 2.50. The molecular formula is C58H41N. The molecule has 0 heterocycles. The number of anilines is 2. The second-order valence-corrected chi connectivity index (χ2v) is 15.5. The third-order valence-corrected chi connectivity index (χ3v) is 12.1. The summed E-state index contributed by atoms with van der Waals surface area (Å²) in [6, 6.07) is 76.0. The van der Waals surface area contributed by atoms with Crippen LogP contribution < -0.4 is 4.90 Å². The molecule has 0 N–H and O–H groups in total. The van der Waals surface area contributed by atoms with E-state index in [1.54, 1.807) is 0 Å². The molecule has 0 saturated carbocycles. The minimum Gasteiger partial charge on any atom is -0.314 e. The van der Waals surface area contributed by atoms with E-state index < -0.39 is 0 Å². The number of hydrogen-bond donors (Lipinski definition) is 0. The van der Waals surface area contributed by atoms with Gasteiger partial charge in [0, 0.05) is 17.1 Å². The molecule has 10 aromatic carbocycles. The molecule has 0 amide bonds. The highest BCUT2D eigenvalue weighted by atomic mass is 15.1. The number of hydrogen-bond acceptors (Lipinski definition) is 1. The third-order valence-electron chi connectivity index (χ3n) is 12.1. The zero-order chi connectivity index (χ0) is 39.1. The maximum Gasteiger partial charge on any atom is 0.0458 e. The number of rotatable bonds is 7. The van der Waals surface area contributed by atoms with E-state index in [4.69, 9.17) is 0 Å². The monoisotopic (exact) mass is 751 g/mol. The van der Waals surface area contributed by atoms with Crippen LogP contribution >= 0.6 is 0 Å². The maximum atomic E-state index is 2.45. The van der Waals surface area contributed by atoms with Crippen LogP contribution in [0.1, 0.15) is 12.8 Å². The fourth-order valence-electron chi connectivity index (χ4n) is 9.40. The van der Waals surface area contributed by atoms with Crippen molar-refractivity contribution in [1.29, 1.82) is 0 Å². The molecule has 1 heteroatoms. The fourth-order valence-corrected chi connectivity index (χ4v) is 9.40. The second kappa shape index (κ2) is 14.8. The molecule has 0 bridgehead atoms. The Kier molecular flexibility index (Phi) is 8.71. The predicted molar refractivity (Wildman–Crippen MR) is 253 cm³/mol. The van der Waals surface area contributed by atoms with Gasteiger partial charge in [-0.05, 0) is 143 Å². The summed E-state index contributed by atoms with van der Waals surface area (Å²) in [4.78, 5) is 2.42. The molecule has 10 aromatic rings. The molecule has 278 valence electrons. The van der Waals surface area contributed by atoms with Gasteiger partial charge in [-0.1, -0.05) is 182 Å². The molecule has 0 radical (unpaired) electrons. The smallest absolute Gasteiger partial charge is 0.0458 e. The molecule has 0 unspecified atom stereocenters. The first-order chi connectivity index (χ1) is 29.3. The molecule has 0 aromatic heterocycles. The summed E-state index contributed by atoms with van der Waals surface area (Å²) in [6.45, 7) is 0. The Morgan fingerprint density at radius 3 is 1.68 bits per heavy atom. The van der Waals surface area contributed by atoms with Crippen LogP contribution in [0.25, 0.3) is 87.6 Å². The lowest BCUT2D eigenvalue weighted by Gasteiger charge is -2.29. The standard InChI is InChI=1S/C58H41N/c1-5-18-41(19-6-1)53-39-54(42-20-7-2-8-21-42)57-51-30-16-15-29-50(51)55-38-44(49-31-17-23-40-22-13-14-28-48(40)49)34-37-52(55)58(57)56(53)43-32-35-47(36-33-43)59(45-24-9-3-10-25-45)46-26-11-4-12-27-46/h1-11,13-26,28-39H,12,27H2. The van der Waals surface area contributed by atoms with Gasteiger partial charge in [-0.3, -0.25) is 0 Å². The van der Waals surface area contributed by atoms with E-state index in [1.807, 2.05) is 0 Å². The average Bonchev–Trinajstić information content (AvgIpc) is 3.32. The van der Waals surface area contributed by atoms with Crippen LogP contribution in [-0.2, 0) is 0 Å². The number of para-hydroxylation sites is 1. The van der Waals surface area contributed by atoms with Gasteiger partial charge in [-0.2, -0.15) is 0 Å². The van der Waals surface area contributed by atoms with Gasteiger partial charge in [0.05, 0.1) is 0 Å². The Bertz CT molecular complexity index is 3230. The van der Waals surface area contributed by atoms with Gasteiger partial charge < -0.3 is 4.90 Å². The minimum atomic E-state index is 0.997. The second-order valence-electron chi connectivity index (χ2n) is 15.5. The molecule has 1 nitrogen and oxygen atoms in total. The summed E-state index contributed by atoms with van der Waals surface area (Å²) in [6.07, 6.45) is 8.74. The van der Waals surface area contributed by atoms with Gasteiger partial charge in [-0.15, -0.1) is 0 Å². The van der Waals surface area contributed by atoms with E-state index in [0.29, 0.717) is 0 Å². The summed E-state index contributed by atoms with van der Waals surface area (Å²) in [5, 5.41) is 10.1. The SMILES string of the molecule is C1=CCCC(N(c2ccccc2)c2ccc(-c3c(-c4ccccc4)cc(-c4ccccc4)c4c5ccccc5c5cc(-c6cccc7ccccc67)ccc5c34)cc2)=C1. The van der Waals surface area contributed by atoms with E-state index in [9.17, 15) is 0 Å². The lowest BCUT2D eigenvalue weighted by atomic mass is 9.81. The lowest BCUT2D eigenvalue weighted by molar-refractivity contribution is 0.918. The molecule has 0 atom stereocenters. The van der Waals surface area contributed by atoms with Crippen LogP contribution in [0.5, 0.6) is 0 Å². The van der Waals surface area contributed by atoms with E-state index in [0.717, 1.165) is 18.5 Å². The van der Waals surface area contributed by atoms with Crippen LogP contribution in [0.15, 0.2) is 230 Å². The Balaban J connectivity index is 1.24. The Labute approximate surface area is 345 Å². The van der Waals surface area contributed by atoms with Crippen molar-refractivity contribution in [3.8, 4) is 44.5 Å². The van der Waals surface area contributed by atoms with Crippen LogP contribution in [0.2, 0.25) is 0 Å². The molecule has 1 aliphatic carbocycles. The van der Waals surface area contributed by atoms with Gasteiger partial charge in [0.15, 0.2) is 0 Å². The first kappa shape index (κ1) is 34.7. The zero-order valence-electron chi connectivity index (χ0n) is 32.7. The van der Waals surface area contributed by atoms with E-state index >= 15 is 0 Å². The molecule has 0 saturated heterocycles. The van der Waals surface area contributed by atoms with Crippen LogP contribution in [-0.4, -0.2) is 0 Å². The molecule has 0 fully saturated rings. The summed E-state index contributed by atoms with van der Waals surface area (Å²) in [5.41, 5.74) is 13.4. The summed E-state index contributed by atoms with van der Waals surface area (Å²) >= 11 is 0. The van der Waals surface area contributed by atoms with Crippen molar-refractivity contribution in [1.82, 2.24) is 0 Å². The molecule has 59 heavy (non-hydrogen) atoms. The van der Waals surface area contributed by atoms with Crippen molar-refractivity contribution in [2.45, 2.75) is 12.8 Å². The summed E-state index contributed by atoms with van der Waals surface area (Å²) < 4.78 is 0. The first-order valence-corrected chi connectivity index (χ1v) is 20.7. The number of nitrogens with zero attached hydrogens (tertiary/aromatic N) is 1. The minimum absolute atomic E-state index is 0.997. The van der Waals surface area contributed by atoms with E-state index in [1.165, 1.54) is 99.0 Å². The molecule has 1 aliphatic rings. The van der Waals surface area contributed by atoms with Crippen molar-refractivity contribution in [3.05, 3.63) is 230 Å². The van der Waals surface area contributed by atoms with Gasteiger partial charge in [-0.25, -0.2) is 0 Å². The van der Waals surface area contributed by atoms with Crippen molar-refractivity contribution in [3.63, 3.8) is 0 Å². The number of fused-ring (bicyclic) bond motifs is 7. The molecular weight excluding hydrogens is 711 g/mol. The van der Waals surface area contributed by atoms with Gasteiger partial charge >= 0.3 is 0 Å². The quantitative estimate of drug-likeness (QED) is 0.147. The number of allylic oxidation sites excluding steroid dienone is 4. The highest BCUT2D eigenvalue weighted by Gasteiger charge is 2.23. The van der Waals surface area contributed by atoms with E-state index in [-0.39, 0.29) is 0 Å². The van der Waals surface area contributed by atoms with Crippen molar-refractivity contribution < 1.29 is 0 Å². The van der Waals surface area contributed by atoms with Crippen LogP contribution in [0.3, 0.4) is 0 Å². The molecule has 0 spiro atoms. The van der Waals surface area contributed by atoms with Crippen LogP contribution in [0, 0.1) is 0 Å². The van der Waals surface area contributed by atoms with Gasteiger partial charge in [0.25, 0.3) is 0 Å². The zero-order valence-corrected chi connectivity index (χ0v) is 32.7. The van der Waals surface area contributed by atoms with Crippen LogP contribution in [0.4, 0.5) is 11.4 Å². The maximum absolute atomic E-state index is 2.45. The largest absolute Gasteiger partial charge is 0.314 e. The predicted octanol–water partition coefficient (Wildman–Crippen LogP) is 16.3. The lowest BCUT2D eigenvalue weighted by Crippen LogP contribution is -2.17. The van der Waals surface area contributed by atoms with Crippen molar-refractivity contribution in [2.75, 3.05) is 4.90 Å². The van der Waals surface area contributed by atoms with E-state index in [2.05, 4.69) is 229 Å². The number of benzene rings is 10. The highest BCUT2D eigenvalue weighted by molar-refractivity contribution is 6.33.